The number of hydrogen-bond acceptors (Lipinski definition) is 6. The SMILES string of the molecule is Oc1ccc(N2CCNCC2)c2c1OCC(O)O2. The van der Waals surface area contributed by atoms with Crippen LogP contribution in [0.4, 0.5) is 5.69 Å². The molecule has 0 saturated carbocycles. The number of nitrogens with one attached hydrogen (secondary N) is 1. The van der Waals surface area contributed by atoms with Crippen LogP contribution >= 0.6 is 0 Å². The Morgan fingerprint density at radius 3 is 2.78 bits per heavy atom. The molecule has 98 valence electrons. The minimum Gasteiger partial charge on any atom is -0.504 e. The van der Waals surface area contributed by atoms with Crippen molar-refractivity contribution in [1.29, 1.82) is 0 Å². The average Bonchev–Trinajstić information content (AvgIpc) is 2.40. The van der Waals surface area contributed by atoms with Gasteiger partial charge in [0, 0.05) is 26.2 Å². The molecule has 2 heterocycles. The normalized spacial score (nSPS) is 22.9. The van der Waals surface area contributed by atoms with E-state index in [2.05, 4.69) is 10.2 Å². The minimum absolute atomic E-state index is 0.0333. The zero-order valence-electron chi connectivity index (χ0n) is 9.93. The molecule has 1 fully saturated rings. The number of phenolic OH excluding ortho intramolecular Hbond substituents is 1. The summed E-state index contributed by atoms with van der Waals surface area (Å²) in [6, 6.07) is 3.39. The molecule has 1 saturated heterocycles. The summed E-state index contributed by atoms with van der Waals surface area (Å²) in [6.07, 6.45) is -0.985. The van der Waals surface area contributed by atoms with E-state index in [0.717, 1.165) is 31.9 Å². The summed E-state index contributed by atoms with van der Waals surface area (Å²) >= 11 is 0. The van der Waals surface area contributed by atoms with Gasteiger partial charge in [0.15, 0.2) is 18.1 Å². The third-order valence-electron chi connectivity index (χ3n) is 3.15. The lowest BCUT2D eigenvalue weighted by Gasteiger charge is -2.33. The van der Waals surface area contributed by atoms with Crippen molar-refractivity contribution in [3.8, 4) is 17.2 Å². The molecule has 0 bridgehead atoms. The summed E-state index contributed by atoms with van der Waals surface area (Å²) in [5, 5.41) is 22.5. The largest absolute Gasteiger partial charge is 0.504 e. The molecule has 3 rings (SSSR count). The van der Waals surface area contributed by atoms with Crippen LogP contribution in [0.3, 0.4) is 0 Å². The second-order valence-electron chi connectivity index (χ2n) is 4.38. The van der Waals surface area contributed by atoms with Crippen LogP contribution in [0.25, 0.3) is 0 Å². The number of phenols is 1. The first-order valence-corrected chi connectivity index (χ1v) is 6.05. The molecular formula is C12H16N2O4. The van der Waals surface area contributed by atoms with Crippen LogP contribution in [0.5, 0.6) is 17.2 Å². The Labute approximate surface area is 105 Å². The first-order chi connectivity index (χ1) is 8.75. The topological polar surface area (TPSA) is 74.2 Å². The van der Waals surface area contributed by atoms with Crippen LogP contribution in [0, 0.1) is 0 Å². The molecule has 1 unspecified atom stereocenters. The zero-order chi connectivity index (χ0) is 12.5. The molecule has 1 atom stereocenters. The van der Waals surface area contributed by atoms with Gasteiger partial charge in [-0.05, 0) is 12.1 Å². The lowest BCUT2D eigenvalue weighted by atomic mass is 10.2. The molecule has 0 spiro atoms. The number of piperazine rings is 1. The summed E-state index contributed by atoms with van der Waals surface area (Å²) < 4.78 is 10.7. The molecule has 0 radical (unpaired) electrons. The third kappa shape index (κ3) is 1.93. The number of fused-ring (bicyclic) bond motifs is 1. The molecule has 0 aromatic heterocycles. The summed E-state index contributed by atoms with van der Waals surface area (Å²) in [7, 11) is 0. The van der Waals surface area contributed by atoms with E-state index in [1.54, 1.807) is 12.1 Å². The second-order valence-corrected chi connectivity index (χ2v) is 4.38. The van der Waals surface area contributed by atoms with Crippen LogP contribution in [0.2, 0.25) is 0 Å². The van der Waals surface area contributed by atoms with E-state index < -0.39 is 6.29 Å². The molecule has 3 N–H and O–H groups in total. The fourth-order valence-electron chi connectivity index (χ4n) is 2.27. The third-order valence-corrected chi connectivity index (χ3v) is 3.15. The van der Waals surface area contributed by atoms with Gasteiger partial charge in [0.05, 0.1) is 5.69 Å². The highest BCUT2D eigenvalue weighted by atomic mass is 16.7. The molecule has 6 heteroatoms. The van der Waals surface area contributed by atoms with E-state index in [-0.39, 0.29) is 12.4 Å². The van der Waals surface area contributed by atoms with E-state index in [9.17, 15) is 10.2 Å². The maximum atomic E-state index is 9.75. The van der Waals surface area contributed by atoms with Crippen molar-refractivity contribution in [3.63, 3.8) is 0 Å². The molecule has 1 aromatic carbocycles. The number of benzene rings is 1. The van der Waals surface area contributed by atoms with E-state index in [1.807, 2.05) is 0 Å². The van der Waals surface area contributed by atoms with Gasteiger partial charge in [0.25, 0.3) is 0 Å². The number of aromatic hydroxyl groups is 1. The minimum atomic E-state index is -0.985. The van der Waals surface area contributed by atoms with E-state index >= 15 is 0 Å². The van der Waals surface area contributed by atoms with Crippen LogP contribution < -0.4 is 19.7 Å². The highest BCUT2D eigenvalue weighted by molar-refractivity contribution is 5.69. The summed E-state index contributed by atoms with van der Waals surface area (Å²) in [6.45, 7) is 3.55. The Kier molecular flexibility index (Phi) is 2.89. The second kappa shape index (κ2) is 4.55. The number of rotatable bonds is 1. The number of aliphatic hydroxyl groups is 1. The Morgan fingerprint density at radius 1 is 1.22 bits per heavy atom. The summed E-state index contributed by atoms with van der Waals surface area (Å²) in [4.78, 5) is 2.15. The van der Waals surface area contributed by atoms with E-state index in [4.69, 9.17) is 9.47 Å². The first kappa shape index (κ1) is 11.4. The molecule has 0 amide bonds. The summed E-state index contributed by atoms with van der Waals surface area (Å²) in [5.41, 5.74) is 0.850. The fraction of sp³-hybridized carbons (Fsp3) is 0.500. The van der Waals surface area contributed by atoms with Gasteiger partial charge in [-0.2, -0.15) is 0 Å². The Hall–Kier alpha value is -1.66. The molecule has 1 aromatic rings. The van der Waals surface area contributed by atoms with Crippen LogP contribution in [0.15, 0.2) is 12.1 Å². The predicted octanol–water partition coefficient (Wildman–Crippen LogP) is -0.109. The fourth-order valence-corrected chi connectivity index (χ4v) is 2.27. The van der Waals surface area contributed by atoms with E-state index in [1.165, 1.54) is 0 Å². The maximum Gasteiger partial charge on any atom is 0.232 e. The quantitative estimate of drug-likeness (QED) is 0.647. The monoisotopic (exact) mass is 252 g/mol. The highest BCUT2D eigenvalue weighted by Crippen LogP contribution is 2.46. The van der Waals surface area contributed by atoms with Gasteiger partial charge in [-0.15, -0.1) is 0 Å². The number of aliphatic hydroxyl groups excluding tert-OH is 1. The van der Waals surface area contributed by atoms with Gasteiger partial charge in [0.2, 0.25) is 12.0 Å². The lowest BCUT2D eigenvalue weighted by Crippen LogP contribution is -2.44. The molecule has 0 aliphatic carbocycles. The number of hydrogen-bond donors (Lipinski definition) is 3. The molecule has 18 heavy (non-hydrogen) atoms. The Bertz CT molecular complexity index is 446. The van der Waals surface area contributed by atoms with Crippen molar-refractivity contribution in [3.05, 3.63) is 12.1 Å². The van der Waals surface area contributed by atoms with Crippen LogP contribution in [-0.4, -0.2) is 49.3 Å². The van der Waals surface area contributed by atoms with Crippen molar-refractivity contribution >= 4 is 5.69 Å². The Balaban J connectivity index is 1.98. The van der Waals surface area contributed by atoms with Gasteiger partial charge in [-0.25, -0.2) is 0 Å². The number of ether oxygens (including phenoxy) is 2. The highest BCUT2D eigenvalue weighted by Gasteiger charge is 2.27. The van der Waals surface area contributed by atoms with Gasteiger partial charge in [-0.3, -0.25) is 0 Å². The van der Waals surface area contributed by atoms with Gasteiger partial charge >= 0.3 is 0 Å². The van der Waals surface area contributed by atoms with Crippen molar-refractivity contribution in [2.45, 2.75) is 6.29 Å². The predicted molar refractivity (Wildman–Crippen MR) is 65.3 cm³/mol. The van der Waals surface area contributed by atoms with Gasteiger partial charge in [0.1, 0.15) is 0 Å². The molecule has 2 aliphatic rings. The standard InChI is InChI=1S/C12H16N2O4/c15-9-2-1-8(14-5-3-13-4-6-14)11-12(9)17-7-10(16)18-11/h1-2,10,13,15-16H,3-7H2. The maximum absolute atomic E-state index is 9.75. The van der Waals surface area contributed by atoms with Crippen molar-refractivity contribution in [2.75, 3.05) is 37.7 Å². The summed E-state index contributed by atoms with van der Waals surface area (Å²) in [5.74, 6) is 0.780. The van der Waals surface area contributed by atoms with E-state index in [0.29, 0.717) is 11.5 Å². The Morgan fingerprint density at radius 2 is 2.00 bits per heavy atom. The average molecular weight is 252 g/mol. The van der Waals surface area contributed by atoms with Crippen LogP contribution in [-0.2, 0) is 0 Å². The zero-order valence-corrected chi connectivity index (χ0v) is 9.93. The number of anilines is 1. The van der Waals surface area contributed by atoms with Crippen molar-refractivity contribution in [2.24, 2.45) is 0 Å². The first-order valence-electron chi connectivity index (χ1n) is 6.05. The van der Waals surface area contributed by atoms with Gasteiger partial charge in [-0.1, -0.05) is 0 Å². The smallest absolute Gasteiger partial charge is 0.232 e. The molecule has 2 aliphatic heterocycles. The van der Waals surface area contributed by atoms with Crippen LogP contribution in [0.1, 0.15) is 0 Å². The van der Waals surface area contributed by atoms with Gasteiger partial charge < -0.3 is 29.9 Å². The molecular weight excluding hydrogens is 236 g/mol. The molecule has 6 nitrogen and oxygen atoms in total. The number of nitrogens with zero attached hydrogens (tertiary/aromatic N) is 1. The van der Waals surface area contributed by atoms with Crippen molar-refractivity contribution in [1.82, 2.24) is 5.32 Å². The lowest BCUT2D eigenvalue weighted by molar-refractivity contribution is -0.0674. The van der Waals surface area contributed by atoms with Crippen molar-refractivity contribution < 1.29 is 19.7 Å².